The van der Waals surface area contributed by atoms with Crippen LogP contribution in [0.5, 0.6) is 0 Å². The van der Waals surface area contributed by atoms with Crippen LogP contribution in [0.3, 0.4) is 0 Å². The van der Waals surface area contributed by atoms with Gasteiger partial charge in [-0.3, -0.25) is 4.90 Å². The summed E-state index contributed by atoms with van der Waals surface area (Å²) in [4.78, 5) is 5.19. The Morgan fingerprint density at radius 3 is 2.71 bits per heavy atom. The monoisotopic (exact) mass is 198 g/mol. The lowest BCUT2D eigenvalue weighted by Crippen LogP contribution is -2.51. The van der Waals surface area contributed by atoms with E-state index in [1.807, 2.05) is 0 Å². The maximum atomic E-state index is 5.39. The Morgan fingerprint density at radius 1 is 1.21 bits per heavy atom. The predicted molar refractivity (Wildman–Crippen MR) is 57.5 cm³/mol. The first-order valence-electron chi connectivity index (χ1n) is 5.94. The minimum Gasteiger partial charge on any atom is -0.379 e. The Hall–Kier alpha value is -0.120. The van der Waals surface area contributed by atoms with Crippen LogP contribution >= 0.6 is 0 Å². The van der Waals surface area contributed by atoms with Gasteiger partial charge < -0.3 is 9.64 Å². The van der Waals surface area contributed by atoms with Crippen LogP contribution in [0.2, 0.25) is 0 Å². The van der Waals surface area contributed by atoms with Gasteiger partial charge in [0, 0.05) is 25.7 Å². The summed E-state index contributed by atoms with van der Waals surface area (Å²) >= 11 is 0. The molecule has 1 atom stereocenters. The van der Waals surface area contributed by atoms with Gasteiger partial charge >= 0.3 is 0 Å². The molecule has 3 nitrogen and oxygen atoms in total. The number of morpholine rings is 1. The van der Waals surface area contributed by atoms with E-state index in [1.165, 1.54) is 32.5 Å². The summed E-state index contributed by atoms with van der Waals surface area (Å²) in [6.45, 7) is 10.2. The highest BCUT2D eigenvalue weighted by Crippen LogP contribution is 2.16. The van der Waals surface area contributed by atoms with Gasteiger partial charge in [0.05, 0.1) is 13.2 Å². The molecule has 0 radical (unpaired) electrons. The SMILES string of the molecule is CCN1CCC[C@H](N2CCOCC2)C1. The molecular formula is C11H22N2O. The summed E-state index contributed by atoms with van der Waals surface area (Å²) in [7, 11) is 0. The van der Waals surface area contributed by atoms with E-state index in [-0.39, 0.29) is 0 Å². The molecule has 0 unspecified atom stereocenters. The Balaban J connectivity index is 1.83. The Labute approximate surface area is 87.0 Å². The first-order valence-corrected chi connectivity index (χ1v) is 5.94. The number of ether oxygens (including phenoxy) is 1. The smallest absolute Gasteiger partial charge is 0.0594 e. The van der Waals surface area contributed by atoms with Crippen LogP contribution in [0.15, 0.2) is 0 Å². The maximum Gasteiger partial charge on any atom is 0.0594 e. The molecule has 2 rings (SSSR count). The highest BCUT2D eigenvalue weighted by atomic mass is 16.5. The van der Waals surface area contributed by atoms with Crippen LogP contribution in [0.4, 0.5) is 0 Å². The van der Waals surface area contributed by atoms with Crippen molar-refractivity contribution in [3.8, 4) is 0 Å². The second kappa shape index (κ2) is 5.10. The lowest BCUT2D eigenvalue weighted by molar-refractivity contribution is -0.00190. The van der Waals surface area contributed by atoms with E-state index in [1.54, 1.807) is 0 Å². The van der Waals surface area contributed by atoms with Gasteiger partial charge in [-0.1, -0.05) is 6.92 Å². The number of hydrogen-bond donors (Lipinski definition) is 0. The summed E-state index contributed by atoms with van der Waals surface area (Å²) in [5.74, 6) is 0. The zero-order valence-electron chi connectivity index (χ0n) is 9.24. The molecule has 0 amide bonds. The minimum atomic E-state index is 0.799. The molecule has 2 fully saturated rings. The minimum absolute atomic E-state index is 0.799. The van der Waals surface area contributed by atoms with E-state index in [2.05, 4.69) is 16.7 Å². The van der Waals surface area contributed by atoms with Gasteiger partial charge in [0.15, 0.2) is 0 Å². The van der Waals surface area contributed by atoms with Crippen LogP contribution in [0.25, 0.3) is 0 Å². The van der Waals surface area contributed by atoms with Crippen molar-refractivity contribution in [1.29, 1.82) is 0 Å². The van der Waals surface area contributed by atoms with E-state index >= 15 is 0 Å². The molecular weight excluding hydrogens is 176 g/mol. The van der Waals surface area contributed by atoms with Crippen molar-refractivity contribution in [3.63, 3.8) is 0 Å². The molecule has 0 aromatic rings. The van der Waals surface area contributed by atoms with Crippen molar-refractivity contribution in [2.75, 3.05) is 45.9 Å². The van der Waals surface area contributed by atoms with Crippen LogP contribution in [-0.2, 0) is 4.74 Å². The maximum absolute atomic E-state index is 5.39. The van der Waals surface area contributed by atoms with E-state index in [0.717, 1.165) is 32.3 Å². The van der Waals surface area contributed by atoms with Crippen molar-refractivity contribution < 1.29 is 4.74 Å². The third-order valence-corrected chi connectivity index (χ3v) is 3.49. The van der Waals surface area contributed by atoms with E-state index < -0.39 is 0 Å². The second-order valence-corrected chi connectivity index (χ2v) is 4.34. The van der Waals surface area contributed by atoms with Crippen molar-refractivity contribution >= 4 is 0 Å². The number of nitrogens with zero attached hydrogens (tertiary/aromatic N) is 2. The molecule has 0 aliphatic carbocycles. The second-order valence-electron chi connectivity index (χ2n) is 4.34. The van der Waals surface area contributed by atoms with Gasteiger partial charge in [0.2, 0.25) is 0 Å². The van der Waals surface area contributed by atoms with E-state index in [4.69, 9.17) is 4.74 Å². The normalized spacial score (nSPS) is 31.9. The Kier molecular flexibility index (Phi) is 3.79. The van der Waals surface area contributed by atoms with Gasteiger partial charge in [-0.05, 0) is 25.9 Å². The number of hydrogen-bond acceptors (Lipinski definition) is 3. The predicted octanol–water partition coefficient (Wildman–Crippen LogP) is 0.803. The molecule has 14 heavy (non-hydrogen) atoms. The van der Waals surface area contributed by atoms with Crippen molar-refractivity contribution in [2.24, 2.45) is 0 Å². The lowest BCUT2D eigenvalue weighted by Gasteiger charge is -2.40. The summed E-state index contributed by atoms with van der Waals surface area (Å²) in [6, 6.07) is 0.799. The van der Waals surface area contributed by atoms with Crippen LogP contribution in [0, 0.1) is 0 Å². The lowest BCUT2D eigenvalue weighted by atomic mass is 10.0. The molecule has 0 saturated carbocycles. The molecule has 2 saturated heterocycles. The number of likely N-dealkylation sites (tertiary alicyclic amines) is 1. The topological polar surface area (TPSA) is 15.7 Å². The van der Waals surface area contributed by atoms with Gasteiger partial charge in [-0.15, -0.1) is 0 Å². The fourth-order valence-corrected chi connectivity index (χ4v) is 2.56. The third kappa shape index (κ3) is 2.47. The summed E-state index contributed by atoms with van der Waals surface area (Å²) in [5.41, 5.74) is 0. The molecule has 3 heteroatoms. The fourth-order valence-electron chi connectivity index (χ4n) is 2.56. The first-order chi connectivity index (χ1) is 6.90. The molecule has 0 aromatic carbocycles. The van der Waals surface area contributed by atoms with Crippen molar-refractivity contribution in [2.45, 2.75) is 25.8 Å². The summed E-state index contributed by atoms with van der Waals surface area (Å²) < 4.78 is 5.39. The molecule has 0 aromatic heterocycles. The average Bonchev–Trinajstić information content (AvgIpc) is 2.30. The Bertz CT molecular complexity index is 169. The zero-order chi connectivity index (χ0) is 9.80. The zero-order valence-corrected chi connectivity index (χ0v) is 9.24. The quantitative estimate of drug-likeness (QED) is 0.653. The van der Waals surface area contributed by atoms with Crippen molar-refractivity contribution in [1.82, 2.24) is 9.80 Å². The molecule has 82 valence electrons. The summed E-state index contributed by atoms with van der Waals surface area (Å²) in [5, 5.41) is 0. The summed E-state index contributed by atoms with van der Waals surface area (Å²) in [6.07, 6.45) is 2.76. The van der Waals surface area contributed by atoms with Crippen LogP contribution < -0.4 is 0 Å². The van der Waals surface area contributed by atoms with Gasteiger partial charge in [-0.25, -0.2) is 0 Å². The number of piperidine rings is 1. The average molecular weight is 198 g/mol. The third-order valence-electron chi connectivity index (χ3n) is 3.49. The van der Waals surface area contributed by atoms with Crippen molar-refractivity contribution in [3.05, 3.63) is 0 Å². The van der Waals surface area contributed by atoms with Gasteiger partial charge in [0.1, 0.15) is 0 Å². The molecule has 0 N–H and O–H groups in total. The van der Waals surface area contributed by atoms with E-state index in [9.17, 15) is 0 Å². The molecule has 0 spiro atoms. The van der Waals surface area contributed by atoms with Gasteiger partial charge in [0.25, 0.3) is 0 Å². The molecule has 2 aliphatic heterocycles. The highest BCUT2D eigenvalue weighted by molar-refractivity contribution is 4.81. The molecule has 0 bridgehead atoms. The first kappa shape index (κ1) is 10.4. The van der Waals surface area contributed by atoms with Crippen LogP contribution in [0.1, 0.15) is 19.8 Å². The molecule has 2 heterocycles. The van der Waals surface area contributed by atoms with Crippen LogP contribution in [-0.4, -0.2) is 61.8 Å². The van der Waals surface area contributed by atoms with E-state index in [0.29, 0.717) is 0 Å². The Morgan fingerprint density at radius 2 is 2.00 bits per heavy atom. The molecule has 2 aliphatic rings. The standard InChI is InChI=1S/C11H22N2O/c1-2-12-5-3-4-11(10-12)13-6-8-14-9-7-13/h11H,2-10H2,1H3/t11-/m0/s1. The number of rotatable bonds is 2. The fraction of sp³-hybridized carbons (Fsp3) is 1.00. The highest BCUT2D eigenvalue weighted by Gasteiger charge is 2.25. The number of likely N-dealkylation sites (N-methyl/N-ethyl adjacent to an activating group) is 1. The largest absolute Gasteiger partial charge is 0.379 e. The van der Waals surface area contributed by atoms with Gasteiger partial charge in [-0.2, -0.15) is 0 Å².